The lowest BCUT2D eigenvalue weighted by molar-refractivity contribution is 0.0625. The summed E-state index contributed by atoms with van der Waals surface area (Å²) < 4.78 is 31.1. The molecule has 1 aromatic heterocycles. The predicted molar refractivity (Wildman–Crippen MR) is 150 cm³/mol. The van der Waals surface area contributed by atoms with Crippen molar-refractivity contribution < 1.29 is 23.4 Å². The Morgan fingerprint density at radius 2 is 1.95 bits per heavy atom. The van der Waals surface area contributed by atoms with Gasteiger partial charge in [0.2, 0.25) is 0 Å². The van der Waals surface area contributed by atoms with Crippen LogP contribution in [0.5, 0.6) is 11.5 Å². The zero-order valence-electron chi connectivity index (χ0n) is 22.3. The summed E-state index contributed by atoms with van der Waals surface area (Å²) in [5.41, 5.74) is 1.91. The number of amides is 1. The van der Waals surface area contributed by atoms with Gasteiger partial charge in [-0.2, -0.15) is 5.26 Å². The molecule has 3 aromatic rings. The highest BCUT2D eigenvalue weighted by Crippen LogP contribution is 2.38. The third kappa shape index (κ3) is 6.32. The van der Waals surface area contributed by atoms with Gasteiger partial charge >= 0.3 is 6.09 Å². The van der Waals surface area contributed by atoms with Gasteiger partial charge in [0.15, 0.2) is 11.5 Å². The van der Waals surface area contributed by atoms with Gasteiger partial charge in [-0.15, -0.1) is 0 Å². The molecule has 2 fully saturated rings. The highest BCUT2D eigenvalue weighted by molar-refractivity contribution is 6.31. The molecule has 2 aliphatic rings. The van der Waals surface area contributed by atoms with Crippen LogP contribution in [0.25, 0.3) is 10.9 Å². The van der Waals surface area contributed by atoms with Crippen LogP contribution in [0.2, 0.25) is 5.02 Å². The number of benzene rings is 2. The third-order valence-electron chi connectivity index (χ3n) is 7.29. The number of anilines is 2. The van der Waals surface area contributed by atoms with Crippen LogP contribution in [0.1, 0.15) is 31.2 Å². The van der Waals surface area contributed by atoms with Crippen molar-refractivity contribution in [2.45, 2.75) is 31.8 Å². The molecule has 5 rings (SSSR count). The Kier molecular flexibility index (Phi) is 8.72. The van der Waals surface area contributed by atoms with Gasteiger partial charge < -0.3 is 24.4 Å². The summed E-state index contributed by atoms with van der Waals surface area (Å²) in [4.78, 5) is 21.0. The third-order valence-corrected chi connectivity index (χ3v) is 7.58. The number of carbonyl (C=O) groups excluding carboxylic acids is 1. The van der Waals surface area contributed by atoms with E-state index in [9.17, 15) is 14.4 Å². The number of nitrogens with zero attached hydrogens (tertiary/aromatic N) is 4. The Bertz CT molecular complexity index is 1420. The first-order chi connectivity index (χ1) is 19.4. The van der Waals surface area contributed by atoms with Crippen molar-refractivity contribution in [3.63, 3.8) is 0 Å². The molecule has 11 heteroatoms. The summed E-state index contributed by atoms with van der Waals surface area (Å²) in [5, 5.41) is 13.5. The van der Waals surface area contributed by atoms with Crippen molar-refractivity contribution in [3.8, 4) is 17.6 Å². The molecular weight excluding hydrogens is 537 g/mol. The number of nitriles is 1. The van der Waals surface area contributed by atoms with E-state index in [-0.39, 0.29) is 17.2 Å². The number of piperidine rings is 1. The molecule has 0 radical (unpaired) electrons. The number of ether oxygens (including phenoxy) is 3. The van der Waals surface area contributed by atoms with Crippen LogP contribution in [0.15, 0.2) is 36.5 Å². The molecule has 1 amide bonds. The average molecular weight is 568 g/mol. The number of nitrogens with one attached hydrogen (secondary N) is 1. The zero-order chi connectivity index (χ0) is 28.1. The molecule has 40 heavy (non-hydrogen) atoms. The number of aromatic nitrogens is 1. The zero-order valence-corrected chi connectivity index (χ0v) is 23.0. The number of carbonyl (C=O) groups is 1. The fourth-order valence-electron chi connectivity index (χ4n) is 5.08. The monoisotopic (exact) mass is 567 g/mol. The summed E-state index contributed by atoms with van der Waals surface area (Å²) in [7, 11) is 1.55. The van der Waals surface area contributed by atoms with E-state index >= 15 is 0 Å². The normalized spacial score (nSPS) is 16.1. The molecule has 0 atom stereocenters. The van der Waals surface area contributed by atoms with E-state index in [2.05, 4.69) is 21.3 Å². The molecule has 210 valence electrons. The SMILES string of the molecule is COc1cc2ncc(C#N)c(Nc3ccc(F)c(Cl)c3)c2cc1OC1CCN(C(=O)OCCN2CCCC2)CC1. The summed E-state index contributed by atoms with van der Waals surface area (Å²) in [6, 6.07) is 9.95. The Morgan fingerprint density at radius 3 is 2.65 bits per heavy atom. The second-order valence-electron chi connectivity index (χ2n) is 9.90. The fourth-order valence-corrected chi connectivity index (χ4v) is 5.27. The van der Waals surface area contributed by atoms with Crippen molar-refractivity contribution in [1.82, 2.24) is 14.8 Å². The molecule has 0 spiro atoms. The Labute approximate surface area is 237 Å². The first kappa shape index (κ1) is 27.7. The second kappa shape index (κ2) is 12.6. The summed E-state index contributed by atoms with van der Waals surface area (Å²) in [5.74, 6) is 0.470. The summed E-state index contributed by atoms with van der Waals surface area (Å²) in [6.07, 6.45) is 4.74. The van der Waals surface area contributed by atoms with Crippen molar-refractivity contribution in [2.24, 2.45) is 0 Å². The van der Waals surface area contributed by atoms with Crippen LogP contribution in [-0.4, -0.2) is 73.4 Å². The molecule has 0 aliphatic carbocycles. The lowest BCUT2D eigenvalue weighted by atomic mass is 10.1. The minimum Gasteiger partial charge on any atom is -0.493 e. The van der Waals surface area contributed by atoms with E-state index in [4.69, 9.17) is 25.8 Å². The number of likely N-dealkylation sites (tertiary alicyclic amines) is 2. The number of methoxy groups -OCH3 is 1. The number of hydrogen-bond acceptors (Lipinski definition) is 8. The first-order valence-electron chi connectivity index (χ1n) is 13.4. The Hall–Kier alpha value is -3.81. The quantitative estimate of drug-likeness (QED) is 0.368. The highest BCUT2D eigenvalue weighted by atomic mass is 35.5. The minimum atomic E-state index is -0.533. The number of pyridine rings is 1. The van der Waals surface area contributed by atoms with E-state index in [0.717, 1.165) is 19.6 Å². The standard InChI is InChI=1S/C29H31ClFN5O4/c1-38-26-16-25-22(28(19(17-32)18-33-25)34-20-4-5-24(31)23(30)14-20)15-27(26)40-21-6-10-36(11-7-21)29(37)39-13-12-35-8-2-3-9-35/h4-5,14-16,18,21H,2-3,6-13H2,1H3,(H,33,34). The number of rotatable bonds is 8. The van der Waals surface area contributed by atoms with Gasteiger partial charge in [0.1, 0.15) is 24.6 Å². The molecule has 9 nitrogen and oxygen atoms in total. The van der Waals surface area contributed by atoms with Crippen LogP contribution < -0.4 is 14.8 Å². The van der Waals surface area contributed by atoms with Gasteiger partial charge in [-0.25, -0.2) is 9.18 Å². The molecule has 0 saturated carbocycles. The largest absolute Gasteiger partial charge is 0.493 e. The molecule has 0 unspecified atom stereocenters. The van der Waals surface area contributed by atoms with Gasteiger partial charge in [-0.05, 0) is 50.2 Å². The molecular formula is C29H31ClFN5O4. The molecule has 2 aliphatic heterocycles. The predicted octanol–water partition coefficient (Wildman–Crippen LogP) is 5.73. The van der Waals surface area contributed by atoms with Gasteiger partial charge in [0.25, 0.3) is 0 Å². The topological polar surface area (TPSA) is 99.9 Å². The molecule has 1 N–H and O–H groups in total. The van der Waals surface area contributed by atoms with E-state index in [1.807, 2.05) is 0 Å². The Balaban J connectivity index is 1.28. The average Bonchev–Trinajstić information content (AvgIpc) is 3.49. The maximum Gasteiger partial charge on any atom is 0.409 e. The minimum absolute atomic E-state index is 0.0330. The lowest BCUT2D eigenvalue weighted by Crippen LogP contribution is -2.42. The molecule has 2 aromatic carbocycles. The fraction of sp³-hybridized carbons (Fsp3) is 0.414. The van der Waals surface area contributed by atoms with Crippen LogP contribution in [-0.2, 0) is 4.74 Å². The van der Waals surface area contributed by atoms with E-state index in [0.29, 0.717) is 71.9 Å². The van der Waals surface area contributed by atoms with E-state index in [1.165, 1.54) is 31.2 Å². The van der Waals surface area contributed by atoms with E-state index in [1.54, 1.807) is 30.2 Å². The number of halogens is 2. The summed E-state index contributed by atoms with van der Waals surface area (Å²) in [6.45, 7) is 4.39. The smallest absolute Gasteiger partial charge is 0.409 e. The van der Waals surface area contributed by atoms with Gasteiger partial charge in [-0.1, -0.05) is 11.6 Å². The second-order valence-corrected chi connectivity index (χ2v) is 10.3. The first-order valence-corrected chi connectivity index (χ1v) is 13.8. The maximum atomic E-state index is 13.7. The van der Waals surface area contributed by atoms with Crippen LogP contribution in [0.3, 0.4) is 0 Å². The van der Waals surface area contributed by atoms with Crippen molar-refractivity contribution in [2.75, 3.05) is 51.8 Å². The van der Waals surface area contributed by atoms with Gasteiger partial charge in [0.05, 0.1) is 28.9 Å². The van der Waals surface area contributed by atoms with Gasteiger partial charge in [-0.3, -0.25) is 9.88 Å². The highest BCUT2D eigenvalue weighted by Gasteiger charge is 2.26. The van der Waals surface area contributed by atoms with Crippen LogP contribution in [0.4, 0.5) is 20.6 Å². The molecule has 0 bridgehead atoms. The number of fused-ring (bicyclic) bond motifs is 1. The molecule has 3 heterocycles. The summed E-state index contributed by atoms with van der Waals surface area (Å²) >= 11 is 5.96. The van der Waals surface area contributed by atoms with Crippen molar-refractivity contribution in [3.05, 3.63) is 52.9 Å². The lowest BCUT2D eigenvalue weighted by Gasteiger charge is -2.32. The number of hydrogen-bond donors (Lipinski definition) is 1. The van der Waals surface area contributed by atoms with Crippen molar-refractivity contribution in [1.29, 1.82) is 5.26 Å². The molecule has 2 saturated heterocycles. The van der Waals surface area contributed by atoms with Crippen LogP contribution >= 0.6 is 11.6 Å². The maximum absolute atomic E-state index is 13.7. The van der Waals surface area contributed by atoms with E-state index < -0.39 is 5.82 Å². The Morgan fingerprint density at radius 1 is 1.18 bits per heavy atom. The van der Waals surface area contributed by atoms with Gasteiger partial charge in [0, 0.05) is 55.8 Å². The van der Waals surface area contributed by atoms with Crippen LogP contribution in [0, 0.1) is 17.1 Å². The van der Waals surface area contributed by atoms with Crippen molar-refractivity contribution >= 4 is 40.0 Å².